The van der Waals surface area contributed by atoms with Gasteiger partial charge in [-0.25, -0.2) is 9.37 Å². The highest BCUT2D eigenvalue weighted by Gasteiger charge is 2.37. The maximum absolute atomic E-state index is 14.3. The number of carboxylic acid groups (broad SMARTS) is 1. The lowest BCUT2D eigenvalue weighted by molar-refractivity contribution is -0.152. The Balaban J connectivity index is 1.85. The van der Waals surface area contributed by atoms with Gasteiger partial charge in [0.05, 0.1) is 17.0 Å². The minimum Gasteiger partial charge on any atom is -0.481 e. The number of halogens is 3. The van der Waals surface area contributed by atoms with Crippen LogP contribution in [0.2, 0.25) is 10.0 Å². The second-order valence-electron chi connectivity index (χ2n) is 8.76. The van der Waals surface area contributed by atoms with Gasteiger partial charge in [0, 0.05) is 29.4 Å². The zero-order chi connectivity index (χ0) is 26.3. The van der Waals surface area contributed by atoms with Crippen LogP contribution in [-0.4, -0.2) is 41.2 Å². The highest BCUT2D eigenvalue weighted by atomic mass is 35.5. The second kappa shape index (κ2) is 12.3. The Morgan fingerprint density at radius 2 is 1.81 bits per heavy atom. The van der Waals surface area contributed by atoms with E-state index in [2.05, 4.69) is 10.3 Å². The normalized spacial score (nSPS) is 13.6. The molecule has 0 unspecified atom stereocenters. The van der Waals surface area contributed by atoms with E-state index in [4.69, 9.17) is 27.9 Å². The number of carbonyl (C=O) groups excluding carboxylic acids is 1. The van der Waals surface area contributed by atoms with Crippen molar-refractivity contribution in [2.45, 2.75) is 32.7 Å². The first-order valence-corrected chi connectivity index (χ1v) is 12.1. The Morgan fingerprint density at radius 3 is 2.42 bits per heavy atom. The average Bonchev–Trinajstić information content (AvgIpc) is 2.85. The molecule has 6 nitrogen and oxygen atoms in total. The Morgan fingerprint density at radius 1 is 1.11 bits per heavy atom. The van der Waals surface area contributed by atoms with Crippen molar-refractivity contribution in [2.24, 2.45) is 5.41 Å². The number of nitrogens with zero attached hydrogens (tertiary/aromatic N) is 1. The van der Waals surface area contributed by atoms with Crippen LogP contribution < -0.4 is 5.32 Å². The molecule has 1 amide bonds. The second-order valence-corrected chi connectivity index (χ2v) is 9.64. The summed E-state index contributed by atoms with van der Waals surface area (Å²) in [6.45, 7) is 3.75. The van der Waals surface area contributed by atoms with Crippen molar-refractivity contribution in [3.8, 4) is 11.1 Å². The van der Waals surface area contributed by atoms with Crippen molar-refractivity contribution in [2.75, 3.05) is 13.2 Å². The third-order valence-corrected chi connectivity index (χ3v) is 6.27. The number of ether oxygens (including phenoxy) is 1. The van der Waals surface area contributed by atoms with E-state index in [1.165, 1.54) is 24.4 Å². The molecule has 190 valence electrons. The summed E-state index contributed by atoms with van der Waals surface area (Å²) in [6.07, 6.45) is 1.83. The van der Waals surface area contributed by atoms with Gasteiger partial charge >= 0.3 is 5.97 Å². The number of aromatic nitrogens is 1. The zero-order valence-electron chi connectivity index (χ0n) is 19.9. The first-order chi connectivity index (χ1) is 17.1. The lowest BCUT2D eigenvalue weighted by Crippen LogP contribution is -2.44. The van der Waals surface area contributed by atoms with E-state index >= 15 is 0 Å². The summed E-state index contributed by atoms with van der Waals surface area (Å²) in [5.74, 6) is -1.86. The van der Waals surface area contributed by atoms with Crippen LogP contribution >= 0.6 is 23.2 Å². The van der Waals surface area contributed by atoms with Crippen LogP contribution in [0.15, 0.2) is 60.8 Å². The number of carboxylic acids is 1. The molecule has 3 rings (SSSR count). The van der Waals surface area contributed by atoms with E-state index in [-0.39, 0.29) is 24.5 Å². The number of hydrogen-bond acceptors (Lipinski definition) is 4. The lowest BCUT2D eigenvalue weighted by atomic mass is 9.82. The average molecular weight is 533 g/mol. The Bertz CT molecular complexity index is 1210. The summed E-state index contributed by atoms with van der Waals surface area (Å²) in [7, 11) is 0. The third kappa shape index (κ3) is 7.26. The molecular weight excluding hydrogens is 506 g/mol. The highest BCUT2D eigenvalue weighted by Crippen LogP contribution is 2.29. The van der Waals surface area contributed by atoms with E-state index in [1.54, 1.807) is 38.1 Å². The minimum absolute atomic E-state index is 0.00260. The zero-order valence-corrected chi connectivity index (χ0v) is 21.4. The standard InChI is InChI=1S/C27H27Cl2FN2O4/c1-3-36-16-27(2,26(34)35)14-21(32-25(33)24-11-9-20(29)15-31-24)12-17-4-6-18(7-5-17)22-13-19(28)8-10-23(22)30/h4-11,13,15,21H,3,12,14,16H2,1-2H3,(H,32,33)(H,34,35)/t21-,27+/m1/s1. The fraction of sp³-hybridized carbons (Fsp3) is 0.296. The first kappa shape index (κ1) is 27.6. The van der Waals surface area contributed by atoms with E-state index in [0.29, 0.717) is 34.2 Å². The van der Waals surface area contributed by atoms with Crippen molar-refractivity contribution in [1.82, 2.24) is 10.3 Å². The summed E-state index contributed by atoms with van der Waals surface area (Å²) in [5.41, 5.74) is 0.794. The van der Waals surface area contributed by atoms with Crippen LogP contribution in [0.3, 0.4) is 0 Å². The molecule has 2 atom stereocenters. The van der Waals surface area contributed by atoms with Gasteiger partial charge in [0.25, 0.3) is 5.91 Å². The summed E-state index contributed by atoms with van der Waals surface area (Å²) in [6, 6.07) is 14.0. The van der Waals surface area contributed by atoms with E-state index in [1.807, 2.05) is 12.1 Å². The summed E-state index contributed by atoms with van der Waals surface area (Å²) < 4.78 is 19.7. The van der Waals surface area contributed by atoms with E-state index < -0.39 is 23.3 Å². The molecule has 0 aliphatic carbocycles. The Hall–Kier alpha value is -3.00. The van der Waals surface area contributed by atoms with Gasteiger partial charge < -0.3 is 15.2 Å². The largest absolute Gasteiger partial charge is 0.481 e. The quantitative estimate of drug-likeness (QED) is 0.313. The van der Waals surface area contributed by atoms with Crippen molar-refractivity contribution < 1.29 is 23.8 Å². The van der Waals surface area contributed by atoms with Gasteiger partial charge in [-0.1, -0.05) is 47.5 Å². The molecule has 1 aromatic heterocycles. The van der Waals surface area contributed by atoms with Gasteiger partial charge in [-0.2, -0.15) is 0 Å². The molecule has 1 heterocycles. The molecule has 0 aliphatic heterocycles. The molecule has 0 saturated carbocycles. The smallest absolute Gasteiger partial charge is 0.311 e. The SMILES string of the molecule is CCOC[C@](C)(C[C@@H](Cc1ccc(-c2cc(Cl)ccc2F)cc1)NC(=O)c1ccc(Cl)cn1)C(=O)O. The van der Waals surface area contributed by atoms with Crippen molar-refractivity contribution in [3.63, 3.8) is 0 Å². The summed E-state index contributed by atoms with van der Waals surface area (Å²) in [5, 5.41) is 13.6. The molecule has 0 aliphatic rings. The van der Waals surface area contributed by atoms with Gasteiger partial charge in [0.1, 0.15) is 11.5 Å². The maximum atomic E-state index is 14.3. The topological polar surface area (TPSA) is 88.5 Å². The number of nitrogens with one attached hydrogen (secondary N) is 1. The van der Waals surface area contributed by atoms with Crippen molar-refractivity contribution in [3.05, 3.63) is 87.9 Å². The number of pyridine rings is 1. The number of benzene rings is 2. The molecule has 2 aromatic carbocycles. The predicted molar refractivity (Wildman–Crippen MR) is 138 cm³/mol. The van der Waals surface area contributed by atoms with Gasteiger partial charge in [0.2, 0.25) is 0 Å². The van der Waals surface area contributed by atoms with Crippen molar-refractivity contribution in [1.29, 1.82) is 0 Å². The molecule has 36 heavy (non-hydrogen) atoms. The third-order valence-electron chi connectivity index (χ3n) is 5.81. The van der Waals surface area contributed by atoms with Crippen LogP contribution in [-0.2, 0) is 16.0 Å². The Kier molecular flexibility index (Phi) is 9.43. The number of amides is 1. The van der Waals surface area contributed by atoms with Crippen LogP contribution in [0.25, 0.3) is 11.1 Å². The summed E-state index contributed by atoms with van der Waals surface area (Å²) in [4.78, 5) is 29.0. The fourth-order valence-corrected chi connectivity index (χ4v) is 4.13. The van der Waals surface area contributed by atoms with Crippen molar-refractivity contribution >= 4 is 35.1 Å². The van der Waals surface area contributed by atoms with Gasteiger partial charge in [0.15, 0.2) is 0 Å². The monoisotopic (exact) mass is 532 g/mol. The van der Waals surface area contributed by atoms with Crippen LogP contribution in [0.1, 0.15) is 36.3 Å². The minimum atomic E-state index is -1.23. The van der Waals surface area contributed by atoms with Gasteiger partial charge in [-0.3, -0.25) is 9.59 Å². The molecule has 9 heteroatoms. The number of carbonyl (C=O) groups is 2. The lowest BCUT2D eigenvalue weighted by Gasteiger charge is -2.30. The molecular formula is C27H27Cl2FN2O4. The first-order valence-electron chi connectivity index (χ1n) is 11.4. The van der Waals surface area contributed by atoms with Crippen LogP contribution in [0, 0.1) is 11.2 Å². The molecule has 3 aromatic rings. The molecule has 0 fully saturated rings. The number of hydrogen-bond donors (Lipinski definition) is 2. The molecule has 0 spiro atoms. The van der Waals surface area contributed by atoms with E-state index in [9.17, 15) is 19.1 Å². The number of rotatable bonds is 11. The van der Waals surface area contributed by atoms with Crippen LogP contribution in [0.4, 0.5) is 4.39 Å². The fourth-order valence-electron chi connectivity index (χ4n) is 3.85. The molecule has 0 radical (unpaired) electrons. The van der Waals surface area contributed by atoms with Crippen LogP contribution in [0.5, 0.6) is 0 Å². The Labute approximate surface area is 219 Å². The van der Waals surface area contributed by atoms with Gasteiger partial charge in [-0.15, -0.1) is 0 Å². The van der Waals surface area contributed by atoms with E-state index in [0.717, 1.165) is 5.56 Å². The van der Waals surface area contributed by atoms with Gasteiger partial charge in [-0.05, 0) is 68.1 Å². The molecule has 2 N–H and O–H groups in total. The molecule has 0 bridgehead atoms. The number of aliphatic carboxylic acids is 1. The highest BCUT2D eigenvalue weighted by molar-refractivity contribution is 6.31. The summed E-state index contributed by atoms with van der Waals surface area (Å²) >= 11 is 11.9. The maximum Gasteiger partial charge on any atom is 0.311 e. The molecule has 0 saturated heterocycles. The predicted octanol–water partition coefficient (Wildman–Crippen LogP) is 6.05.